The number of pyridine rings is 1. The molecule has 0 radical (unpaired) electrons. The van der Waals surface area contributed by atoms with Gasteiger partial charge in [0.15, 0.2) is 17.5 Å². The van der Waals surface area contributed by atoms with Crippen LogP contribution in [0.15, 0.2) is 42.6 Å². The summed E-state index contributed by atoms with van der Waals surface area (Å²) in [7, 11) is 0. The minimum absolute atomic E-state index is 0.0629. The molecule has 5 nitrogen and oxygen atoms in total. The van der Waals surface area contributed by atoms with Gasteiger partial charge in [0.05, 0.1) is 5.69 Å². The van der Waals surface area contributed by atoms with Crippen molar-refractivity contribution in [3.63, 3.8) is 0 Å². The number of rotatable bonds is 5. The first kappa shape index (κ1) is 15.0. The standard InChI is InChI=1S/C15H13ClN2O3/c1-10(19)11-4-2-5-12(8-11)21-9-14(20)18-13-6-3-7-17-15(13)16/h2-8H,9H2,1H3,(H,18,20). The molecule has 0 aliphatic carbocycles. The van der Waals surface area contributed by atoms with E-state index >= 15 is 0 Å². The quantitative estimate of drug-likeness (QED) is 0.681. The molecule has 6 heteroatoms. The van der Waals surface area contributed by atoms with Crippen LogP contribution in [0.5, 0.6) is 5.75 Å². The summed E-state index contributed by atoms with van der Waals surface area (Å²) in [6.07, 6.45) is 1.53. The Morgan fingerprint density at radius 2 is 2.10 bits per heavy atom. The van der Waals surface area contributed by atoms with Crippen molar-refractivity contribution in [2.45, 2.75) is 6.92 Å². The molecule has 0 spiro atoms. The molecule has 1 N–H and O–H groups in total. The van der Waals surface area contributed by atoms with Gasteiger partial charge in [-0.1, -0.05) is 23.7 Å². The fourth-order valence-corrected chi connectivity index (χ4v) is 1.79. The molecule has 0 saturated carbocycles. The van der Waals surface area contributed by atoms with Crippen molar-refractivity contribution in [1.29, 1.82) is 0 Å². The minimum Gasteiger partial charge on any atom is -0.484 e. The number of aromatic nitrogens is 1. The Hall–Kier alpha value is -2.40. The summed E-state index contributed by atoms with van der Waals surface area (Å²) in [4.78, 5) is 26.9. The average molecular weight is 305 g/mol. The van der Waals surface area contributed by atoms with E-state index in [9.17, 15) is 9.59 Å². The van der Waals surface area contributed by atoms with Crippen molar-refractivity contribution in [1.82, 2.24) is 4.98 Å². The number of carbonyl (C=O) groups is 2. The van der Waals surface area contributed by atoms with Gasteiger partial charge in [0.1, 0.15) is 5.75 Å². The first-order valence-corrected chi connectivity index (χ1v) is 6.58. The van der Waals surface area contributed by atoms with Crippen molar-refractivity contribution in [3.05, 3.63) is 53.3 Å². The normalized spacial score (nSPS) is 10.0. The number of hydrogen-bond donors (Lipinski definition) is 1. The number of Topliss-reactive ketones (excluding diaryl/α,β-unsaturated/α-hetero) is 1. The Morgan fingerprint density at radius 3 is 2.81 bits per heavy atom. The lowest BCUT2D eigenvalue weighted by molar-refractivity contribution is -0.118. The first-order chi connectivity index (χ1) is 10.1. The second kappa shape index (κ2) is 6.85. The largest absolute Gasteiger partial charge is 0.484 e. The lowest BCUT2D eigenvalue weighted by Crippen LogP contribution is -2.20. The second-order valence-corrected chi connectivity index (χ2v) is 4.62. The second-order valence-electron chi connectivity index (χ2n) is 4.26. The molecular weight excluding hydrogens is 292 g/mol. The van der Waals surface area contributed by atoms with Gasteiger partial charge in [0, 0.05) is 11.8 Å². The Balaban J connectivity index is 1.94. The van der Waals surface area contributed by atoms with E-state index in [1.54, 1.807) is 36.4 Å². The highest BCUT2D eigenvalue weighted by Crippen LogP contribution is 2.17. The lowest BCUT2D eigenvalue weighted by atomic mass is 10.1. The molecule has 0 aliphatic heterocycles. The number of benzene rings is 1. The number of halogens is 1. The number of nitrogens with zero attached hydrogens (tertiary/aromatic N) is 1. The highest BCUT2D eigenvalue weighted by molar-refractivity contribution is 6.32. The number of ether oxygens (including phenoxy) is 1. The van der Waals surface area contributed by atoms with Crippen LogP contribution in [0.25, 0.3) is 0 Å². The fraction of sp³-hybridized carbons (Fsp3) is 0.133. The van der Waals surface area contributed by atoms with Crippen LogP contribution >= 0.6 is 11.6 Å². The van der Waals surface area contributed by atoms with Gasteiger partial charge in [-0.05, 0) is 31.2 Å². The molecule has 21 heavy (non-hydrogen) atoms. The van der Waals surface area contributed by atoms with Crippen molar-refractivity contribution < 1.29 is 14.3 Å². The molecule has 2 aromatic rings. The third-order valence-corrected chi connectivity index (χ3v) is 2.94. The summed E-state index contributed by atoms with van der Waals surface area (Å²) < 4.78 is 5.34. The summed E-state index contributed by atoms with van der Waals surface area (Å²) in [5.74, 6) is 0.0281. The molecule has 1 amide bonds. The van der Waals surface area contributed by atoms with E-state index in [4.69, 9.17) is 16.3 Å². The number of hydrogen-bond acceptors (Lipinski definition) is 4. The number of carbonyl (C=O) groups excluding carboxylic acids is 2. The molecule has 0 bridgehead atoms. The predicted molar refractivity (Wildman–Crippen MR) is 79.8 cm³/mol. The Morgan fingerprint density at radius 1 is 1.29 bits per heavy atom. The van der Waals surface area contributed by atoms with Crippen molar-refractivity contribution in [3.8, 4) is 5.75 Å². The van der Waals surface area contributed by atoms with E-state index in [2.05, 4.69) is 10.3 Å². The van der Waals surface area contributed by atoms with Gasteiger partial charge >= 0.3 is 0 Å². The zero-order chi connectivity index (χ0) is 15.2. The molecule has 0 saturated heterocycles. The van der Waals surface area contributed by atoms with E-state index in [1.807, 2.05) is 0 Å². The molecule has 0 atom stereocenters. The van der Waals surface area contributed by atoms with E-state index in [0.29, 0.717) is 17.0 Å². The maximum absolute atomic E-state index is 11.8. The zero-order valence-electron chi connectivity index (χ0n) is 11.3. The van der Waals surface area contributed by atoms with Gasteiger partial charge in [-0.2, -0.15) is 0 Å². The fourth-order valence-electron chi connectivity index (χ4n) is 1.62. The van der Waals surface area contributed by atoms with Gasteiger partial charge in [-0.15, -0.1) is 0 Å². The van der Waals surface area contributed by atoms with Crippen LogP contribution in [0.3, 0.4) is 0 Å². The van der Waals surface area contributed by atoms with Gasteiger partial charge in [0.2, 0.25) is 0 Å². The highest BCUT2D eigenvalue weighted by atomic mass is 35.5. The van der Waals surface area contributed by atoms with Crippen LogP contribution in [0.2, 0.25) is 5.15 Å². The molecule has 1 heterocycles. The molecule has 0 unspecified atom stereocenters. The summed E-state index contributed by atoms with van der Waals surface area (Å²) >= 11 is 5.84. The summed E-state index contributed by atoms with van der Waals surface area (Å²) in [6.45, 7) is 1.28. The molecule has 0 aliphatic rings. The summed E-state index contributed by atoms with van der Waals surface area (Å²) in [6, 6.07) is 9.96. The lowest BCUT2D eigenvalue weighted by Gasteiger charge is -2.08. The summed E-state index contributed by atoms with van der Waals surface area (Å²) in [5, 5.41) is 2.80. The van der Waals surface area contributed by atoms with Gasteiger partial charge in [-0.25, -0.2) is 4.98 Å². The maximum atomic E-state index is 11.8. The smallest absolute Gasteiger partial charge is 0.262 e. The Kier molecular flexibility index (Phi) is 4.90. The van der Waals surface area contributed by atoms with Crippen LogP contribution in [-0.2, 0) is 4.79 Å². The van der Waals surface area contributed by atoms with Crippen LogP contribution < -0.4 is 10.1 Å². The number of anilines is 1. The van der Waals surface area contributed by atoms with Crippen LogP contribution in [0.1, 0.15) is 17.3 Å². The maximum Gasteiger partial charge on any atom is 0.262 e. The van der Waals surface area contributed by atoms with Crippen LogP contribution in [0.4, 0.5) is 5.69 Å². The predicted octanol–water partition coefficient (Wildman–Crippen LogP) is 2.96. The number of nitrogens with one attached hydrogen (secondary N) is 1. The van der Waals surface area contributed by atoms with E-state index in [-0.39, 0.29) is 23.5 Å². The van der Waals surface area contributed by atoms with Gasteiger partial charge < -0.3 is 10.1 Å². The zero-order valence-corrected chi connectivity index (χ0v) is 12.1. The topological polar surface area (TPSA) is 68.3 Å². The average Bonchev–Trinajstić information content (AvgIpc) is 2.48. The number of ketones is 1. The molecule has 0 fully saturated rings. The Bertz CT molecular complexity index is 673. The molecule has 1 aromatic carbocycles. The van der Waals surface area contributed by atoms with Crippen LogP contribution in [0, 0.1) is 0 Å². The van der Waals surface area contributed by atoms with E-state index < -0.39 is 0 Å². The minimum atomic E-state index is -0.363. The first-order valence-electron chi connectivity index (χ1n) is 6.20. The third kappa shape index (κ3) is 4.29. The molecular formula is C15H13ClN2O3. The van der Waals surface area contributed by atoms with Crippen molar-refractivity contribution >= 4 is 29.0 Å². The van der Waals surface area contributed by atoms with Crippen molar-refractivity contribution in [2.75, 3.05) is 11.9 Å². The SMILES string of the molecule is CC(=O)c1cccc(OCC(=O)Nc2cccnc2Cl)c1. The monoisotopic (exact) mass is 304 g/mol. The molecule has 2 rings (SSSR count). The van der Waals surface area contributed by atoms with Gasteiger partial charge in [0.25, 0.3) is 5.91 Å². The highest BCUT2D eigenvalue weighted by Gasteiger charge is 2.08. The van der Waals surface area contributed by atoms with E-state index in [1.165, 1.54) is 13.1 Å². The van der Waals surface area contributed by atoms with Crippen molar-refractivity contribution in [2.24, 2.45) is 0 Å². The Labute approximate surface area is 126 Å². The summed E-state index contributed by atoms with van der Waals surface area (Å²) in [5.41, 5.74) is 0.952. The number of amides is 1. The van der Waals surface area contributed by atoms with E-state index in [0.717, 1.165) is 0 Å². The third-order valence-electron chi connectivity index (χ3n) is 2.64. The molecule has 1 aromatic heterocycles. The molecule has 108 valence electrons. The van der Waals surface area contributed by atoms with Gasteiger partial charge in [-0.3, -0.25) is 9.59 Å². The van der Waals surface area contributed by atoms with Crippen LogP contribution in [-0.4, -0.2) is 23.3 Å².